The lowest BCUT2D eigenvalue weighted by atomic mass is 10.2. The van der Waals surface area contributed by atoms with Gasteiger partial charge in [-0.05, 0) is 6.42 Å². The van der Waals surface area contributed by atoms with Crippen molar-refractivity contribution in [3.8, 4) is 0 Å². The van der Waals surface area contributed by atoms with Crippen molar-refractivity contribution in [2.24, 2.45) is 0 Å². The van der Waals surface area contributed by atoms with E-state index >= 15 is 0 Å². The maximum atomic E-state index is 10.7. The molecule has 0 aromatic carbocycles. The van der Waals surface area contributed by atoms with Crippen LogP contribution in [0, 0.1) is 0 Å². The topological polar surface area (TPSA) is 17.1 Å². The maximum absolute atomic E-state index is 10.7. The van der Waals surface area contributed by atoms with Crippen molar-refractivity contribution in [1.29, 1.82) is 0 Å². The molecule has 0 saturated heterocycles. The summed E-state index contributed by atoms with van der Waals surface area (Å²) in [5.41, 5.74) is 0. The Morgan fingerprint density at radius 3 is 2.50 bits per heavy atom. The van der Waals surface area contributed by atoms with Gasteiger partial charge < -0.3 is 0 Å². The van der Waals surface area contributed by atoms with E-state index in [1.54, 1.807) is 6.08 Å². The molecule has 0 aliphatic carbocycles. The van der Waals surface area contributed by atoms with Gasteiger partial charge in [-0.15, -0.1) is 0 Å². The molecule has 10 heavy (non-hydrogen) atoms. The van der Waals surface area contributed by atoms with E-state index in [4.69, 9.17) is 23.2 Å². The normalized spacial score (nSPS) is 9.10. The Labute approximate surface area is 71.0 Å². The van der Waals surface area contributed by atoms with Gasteiger partial charge >= 0.3 is 0 Å². The van der Waals surface area contributed by atoms with Crippen LogP contribution >= 0.6 is 23.2 Å². The lowest BCUT2D eigenvalue weighted by Crippen LogP contribution is -1.92. The molecule has 58 valence electrons. The molecule has 3 heteroatoms. The summed E-state index contributed by atoms with van der Waals surface area (Å²) in [6.07, 6.45) is 3.42. The summed E-state index contributed by atoms with van der Waals surface area (Å²) in [5, 5.41) is 0. The largest absolute Gasteiger partial charge is 0.300 e. The molecule has 0 aromatic heterocycles. The molecule has 0 aliphatic heterocycles. The van der Waals surface area contributed by atoms with Gasteiger partial charge in [-0.2, -0.15) is 0 Å². The smallest absolute Gasteiger partial charge is 0.132 e. The van der Waals surface area contributed by atoms with Crippen LogP contribution in [0.4, 0.5) is 0 Å². The van der Waals surface area contributed by atoms with E-state index in [9.17, 15) is 4.79 Å². The highest BCUT2D eigenvalue weighted by atomic mass is 35.5. The van der Waals surface area contributed by atoms with Gasteiger partial charge in [-0.3, -0.25) is 4.79 Å². The standard InChI is InChI=1S/C7H10Cl2O/c1-2-6(10)4-3-5-7(8)9/h5H,2-4H2,1H3. The molecule has 0 rings (SSSR count). The number of hydrogen-bond acceptors (Lipinski definition) is 1. The monoisotopic (exact) mass is 180 g/mol. The van der Waals surface area contributed by atoms with Crippen molar-refractivity contribution in [2.45, 2.75) is 26.2 Å². The number of carbonyl (C=O) groups excluding carboxylic acids is 1. The second-order valence-corrected chi connectivity index (χ2v) is 2.93. The Hall–Kier alpha value is -0.0100. The lowest BCUT2D eigenvalue weighted by molar-refractivity contribution is -0.118. The molecule has 0 amide bonds. The van der Waals surface area contributed by atoms with Crippen LogP contribution in [0.2, 0.25) is 0 Å². The Morgan fingerprint density at radius 1 is 1.50 bits per heavy atom. The Kier molecular flexibility index (Phi) is 5.74. The van der Waals surface area contributed by atoms with E-state index in [1.807, 2.05) is 6.92 Å². The second-order valence-electron chi connectivity index (χ2n) is 1.92. The lowest BCUT2D eigenvalue weighted by Gasteiger charge is -1.90. The van der Waals surface area contributed by atoms with Gasteiger partial charge in [-0.1, -0.05) is 36.2 Å². The molecule has 0 aliphatic rings. The second kappa shape index (κ2) is 5.75. The number of hydrogen-bond donors (Lipinski definition) is 0. The van der Waals surface area contributed by atoms with Gasteiger partial charge in [0.15, 0.2) is 0 Å². The molecule has 0 N–H and O–H groups in total. The minimum atomic E-state index is 0.240. The van der Waals surface area contributed by atoms with Gasteiger partial charge in [-0.25, -0.2) is 0 Å². The highest BCUT2D eigenvalue weighted by molar-refractivity contribution is 6.55. The molecule has 1 nitrogen and oxygen atoms in total. The summed E-state index contributed by atoms with van der Waals surface area (Å²) in [4.78, 5) is 10.7. The average molecular weight is 181 g/mol. The zero-order valence-electron chi connectivity index (χ0n) is 5.86. The summed E-state index contributed by atoms with van der Waals surface area (Å²) < 4.78 is 0.240. The van der Waals surface area contributed by atoms with Gasteiger partial charge in [0.25, 0.3) is 0 Å². The van der Waals surface area contributed by atoms with E-state index in [2.05, 4.69) is 0 Å². The van der Waals surface area contributed by atoms with Crippen molar-refractivity contribution in [1.82, 2.24) is 0 Å². The van der Waals surface area contributed by atoms with Gasteiger partial charge in [0.05, 0.1) is 0 Å². The molecule has 0 spiro atoms. The first kappa shape index (κ1) is 9.99. The van der Waals surface area contributed by atoms with Crippen LogP contribution in [0.25, 0.3) is 0 Å². The van der Waals surface area contributed by atoms with Gasteiger partial charge in [0.2, 0.25) is 0 Å². The molecule has 0 saturated carbocycles. The number of Topliss-reactive ketones (excluding diaryl/α,β-unsaturated/α-hetero) is 1. The SMILES string of the molecule is CCC(=O)CCC=C(Cl)Cl. The Morgan fingerprint density at radius 2 is 2.10 bits per heavy atom. The van der Waals surface area contributed by atoms with E-state index in [1.165, 1.54) is 0 Å². The molecule has 0 radical (unpaired) electrons. The minimum absolute atomic E-state index is 0.240. The molecule has 0 aromatic rings. The van der Waals surface area contributed by atoms with E-state index in [0.29, 0.717) is 19.3 Å². The van der Waals surface area contributed by atoms with Crippen LogP contribution in [-0.2, 0) is 4.79 Å². The quantitative estimate of drug-likeness (QED) is 0.651. The third kappa shape index (κ3) is 6.12. The predicted molar refractivity (Wildman–Crippen MR) is 44.3 cm³/mol. The van der Waals surface area contributed by atoms with Crippen LogP contribution in [-0.4, -0.2) is 5.78 Å². The Bertz CT molecular complexity index is 137. The summed E-state index contributed by atoms with van der Waals surface area (Å²) in [7, 11) is 0. The molecule has 0 atom stereocenters. The fourth-order valence-electron chi connectivity index (χ4n) is 0.519. The number of ketones is 1. The fourth-order valence-corrected chi connectivity index (χ4v) is 0.737. The van der Waals surface area contributed by atoms with Crippen LogP contribution < -0.4 is 0 Å². The summed E-state index contributed by atoms with van der Waals surface area (Å²) >= 11 is 10.6. The first-order chi connectivity index (χ1) is 4.66. The number of rotatable bonds is 4. The van der Waals surface area contributed by atoms with E-state index in [-0.39, 0.29) is 10.3 Å². The van der Waals surface area contributed by atoms with Crippen molar-refractivity contribution in [3.05, 3.63) is 10.6 Å². The Balaban J connectivity index is 3.37. The van der Waals surface area contributed by atoms with Crippen molar-refractivity contribution in [2.75, 3.05) is 0 Å². The van der Waals surface area contributed by atoms with Gasteiger partial charge in [0, 0.05) is 12.8 Å². The highest BCUT2D eigenvalue weighted by Crippen LogP contribution is 2.08. The molecule has 0 bridgehead atoms. The van der Waals surface area contributed by atoms with Crippen LogP contribution in [0.5, 0.6) is 0 Å². The van der Waals surface area contributed by atoms with Gasteiger partial charge in [0.1, 0.15) is 10.3 Å². The molecule has 0 unspecified atom stereocenters. The first-order valence-electron chi connectivity index (χ1n) is 3.19. The summed E-state index contributed by atoms with van der Waals surface area (Å²) in [6.45, 7) is 1.84. The van der Waals surface area contributed by atoms with E-state index in [0.717, 1.165) is 0 Å². The molecule has 0 fully saturated rings. The van der Waals surface area contributed by atoms with Crippen molar-refractivity contribution < 1.29 is 4.79 Å². The molecular formula is C7H10Cl2O. The third-order valence-corrected chi connectivity index (χ3v) is 1.42. The zero-order valence-corrected chi connectivity index (χ0v) is 7.37. The maximum Gasteiger partial charge on any atom is 0.132 e. The highest BCUT2D eigenvalue weighted by Gasteiger charge is 1.94. The number of carbonyl (C=O) groups is 1. The average Bonchev–Trinajstić information content (AvgIpc) is 1.87. The summed E-state index contributed by atoms with van der Waals surface area (Å²) in [5.74, 6) is 0.242. The van der Waals surface area contributed by atoms with Crippen LogP contribution in [0.1, 0.15) is 26.2 Å². The van der Waals surface area contributed by atoms with Crippen LogP contribution in [0.3, 0.4) is 0 Å². The molecule has 0 heterocycles. The first-order valence-corrected chi connectivity index (χ1v) is 3.95. The molecular weight excluding hydrogens is 171 g/mol. The third-order valence-electron chi connectivity index (χ3n) is 1.12. The zero-order chi connectivity index (χ0) is 7.98. The van der Waals surface area contributed by atoms with Crippen molar-refractivity contribution >= 4 is 29.0 Å². The van der Waals surface area contributed by atoms with Crippen molar-refractivity contribution in [3.63, 3.8) is 0 Å². The fraction of sp³-hybridized carbons (Fsp3) is 0.571. The predicted octanol–water partition coefficient (Wildman–Crippen LogP) is 3.06. The van der Waals surface area contributed by atoms with Crippen LogP contribution in [0.15, 0.2) is 10.6 Å². The minimum Gasteiger partial charge on any atom is -0.300 e. The number of halogens is 2. The number of allylic oxidation sites excluding steroid dienone is 1. The van der Waals surface area contributed by atoms with E-state index < -0.39 is 0 Å². The summed E-state index contributed by atoms with van der Waals surface area (Å²) in [6, 6.07) is 0.